The molecule has 1 heterocycles. The van der Waals surface area contributed by atoms with Crippen LogP contribution in [0.25, 0.3) is 22.6 Å². The molecule has 0 N–H and O–H groups in total. The first-order valence-electron chi connectivity index (χ1n) is 14.4. The third-order valence-corrected chi connectivity index (χ3v) is 6.89. The molecule has 0 aliphatic rings. The van der Waals surface area contributed by atoms with Crippen LogP contribution in [0.5, 0.6) is 5.75 Å². The fourth-order valence-corrected chi connectivity index (χ4v) is 4.82. The van der Waals surface area contributed by atoms with E-state index >= 15 is 0 Å². The van der Waals surface area contributed by atoms with Gasteiger partial charge in [0.05, 0.1) is 18.0 Å². The maximum atomic E-state index is 5.81. The molecule has 0 unspecified atom stereocenters. The van der Waals surface area contributed by atoms with E-state index in [4.69, 9.17) is 9.72 Å². The summed E-state index contributed by atoms with van der Waals surface area (Å²) < 4.78 is 8.30. The van der Waals surface area contributed by atoms with Gasteiger partial charge in [-0.1, -0.05) is 106 Å². The van der Waals surface area contributed by atoms with Crippen molar-refractivity contribution in [2.45, 2.75) is 72.5 Å². The predicted octanol–water partition coefficient (Wildman–Crippen LogP) is 8.61. The normalized spacial score (nSPS) is 11.3. The van der Waals surface area contributed by atoms with E-state index in [1.54, 1.807) is 0 Å². The van der Waals surface area contributed by atoms with Gasteiger partial charge in [-0.15, -0.1) is 0 Å². The molecular formula is C34H43N3O. The molecule has 4 rings (SSSR count). The molecule has 4 aromatic rings. The zero-order valence-corrected chi connectivity index (χ0v) is 23.4. The first-order chi connectivity index (χ1) is 18.7. The first-order valence-corrected chi connectivity index (χ1v) is 14.4. The molecule has 0 bridgehead atoms. The number of nitrogens with zero attached hydrogens (tertiary/aromatic N) is 3. The van der Waals surface area contributed by atoms with Crippen molar-refractivity contribution in [2.24, 2.45) is 0 Å². The smallest absolute Gasteiger partial charge is 0.140 e. The maximum absolute atomic E-state index is 5.81. The van der Waals surface area contributed by atoms with Crippen LogP contribution in [-0.2, 0) is 19.6 Å². The molecule has 0 atom stereocenters. The van der Waals surface area contributed by atoms with Gasteiger partial charge in [0, 0.05) is 30.8 Å². The van der Waals surface area contributed by atoms with Crippen molar-refractivity contribution in [3.05, 3.63) is 96.2 Å². The van der Waals surface area contributed by atoms with Gasteiger partial charge in [-0.2, -0.15) is 0 Å². The zero-order valence-electron chi connectivity index (χ0n) is 23.4. The Morgan fingerprint density at radius 1 is 0.711 bits per heavy atom. The molecule has 0 amide bonds. The van der Waals surface area contributed by atoms with Crippen LogP contribution in [0.1, 0.15) is 64.1 Å². The molecule has 200 valence electrons. The maximum Gasteiger partial charge on any atom is 0.140 e. The highest BCUT2D eigenvalue weighted by Crippen LogP contribution is 2.31. The van der Waals surface area contributed by atoms with Gasteiger partial charge < -0.3 is 9.30 Å². The van der Waals surface area contributed by atoms with Crippen molar-refractivity contribution in [3.8, 4) is 28.4 Å². The summed E-state index contributed by atoms with van der Waals surface area (Å²) >= 11 is 0. The summed E-state index contributed by atoms with van der Waals surface area (Å²) in [5.74, 6) is 2.02. The molecule has 4 nitrogen and oxygen atoms in total. The second-order valence-corrected chi connectivity index (χ2v) is 10.0. The van der Waals surface area contributed by atoms with Gasteiger partial charge in [0.2, 0.25) is 0 Å². The average Bonchev–Trinajstić information content (AvgIpc) is 3.33. The second kappa shape index (κ2) is 14.5. The minimum Gasteiger partial charge on any atom is -0.494 e. The van der Waals surface area contributed by atoms with Crippen LogP contribution in [0.4, 0.5) is 0 Å². The van der Waals surface area contributed by atoms with Gasteiger partial charge in [-0.25, -0.2) is 4.98 Å². The van der Waals surface area contributed by atoms with Crippen LogP contribution < -0.4 is 4.74 Å². The summed E-state index contributed by atoms with van der Waals surface area (Å²) in [4.78, 5) is 7.89. The highest BCUT2D eigenvalue weighted by atomic mass is 16.5. The van der Waals surface area contributed by atoms with Crippen LogP contribution in [0.2, 0.25) is 0 Å². The summed E-state index contributed by atoms with van der Waals surface area (Å²) in [5, 5.41) is 0. The number of hydrogen-bond acceptors (Lipinski definition) is 3. The van der Waals surface area contributed by atoms with Crippen molar-refractivity contribution in [2.75, 3.05) is 13.2 Å². The molecule has 0 fully saturated rings. The Labute approximate surface area is 229 Å². The van der Waals surface area contributed by atoms with Crippen molar-refractivity contribution in [1.82, 2.24) is 14.5 Å². The standard InChI is InChI=1S/C34H43N3O/c1-4-7-23-36(26-28-19-21-31(22-20-28)38-25-6-3)27-32-33(29-15-11-9-12-16-29)35-34(37(32)24-8-5-2)30-17-13-10-14-18-30/h9-22H,4-8,23-27H2,1-3H3. The van der Waals surface area contributed by atoms with Gasteiger partial charge in [-0.05, 0) is 43.5 Å². The SMILES string of the molecule is CCCCN(Cc1ccc(OCCC)cc1)Cc1c(-c2ccccc2)nc(-c2ccccc2)n1CCCC. The first kappa shape index (κ1) is 27.7. The Kier molecular flexibility index (Phi) is 10.6. The van der Waals surface area contributed by atoms with Crippen molar-refractivity contribution < 1.29 is 4.74 Å². The molecule has 0 aliphatic carbocycles. The molecule has 4 heteroatoms. The molecule has 0 radical (unpaired) electrons. The molecule has 1 aromatic heterocycles. The van der Waals surface area contributed by atoms with E-state index in [2.05, 4.69) is 115 Å². The van der Waals surface area contributed by atoms with E-state index in [0.717, 1.165) is 69.3 Å². The predicted molar refractivity (Wildman–Crippen MR) is 159 cm³/mol. The molecule has 3 aromatic carbocycles. The Bertz CT molecular complexity index is 1220. The third kappa shape index (κ3) is 7.35. The third-order valence-electron chi connectivity index (χ3n) is 6.89. The second-order valence-electron chi connectivity index (χ2n) is 10.0. The fourth-order valence-electron chi connectivity index (χ4n) is 4.82. The molecule has 0 saturated carbocycles. The largest absolute Gasteiger partial charge is 0.494 e. The Balaban J connectivity index is 1.71. The van der Waals surface area contributed by atoms with Crippen LogP contribution in [0.15, 0.2) is 84.9 Å². The number of unbranched alkanes of at least 4 members (excludes halogenated alkanes) is 2. The number of imidazole rings is 1. The summed E-state index contributed by atoms with van der Waals surface area (Å²) in [5.41, 5.74) is 6.08. The minimum atomic E-state index is 0.760. The average molecular weight is 510 g/mol. The Morgan fingerprint density at radius 2 is 1.37 bits per heavy atom. The summed E-state index contributed by atoms with van der Waals surface area (Å²) in [6.45, 7) is 11.2. The lowest BCUT2D eigenvalue weighted by atomic mass is 10.1. The van der Waals surface area contributed by atoms with Gasteiger partial charge in [0.1, 0.15) is 11.6 Å². The monoisotopic (exact) mass is 509 g/mol. The molecular weight excluding hydrogens is 466 g/mol. The van der Waals surface area contributed by atoms with E-state index in [1.165, 1.54) is 35.2 Å². The molecule has 0 spiro atoms. The van der Waals surface area contributed by atoms with Gasteiger partial charge in [-0.3, -0.25) is 4.90 Å². The quantitative estimate of drug-likeness (QED) is 0.161. The Morgan fingerprint density at radius 3 is 2.00 bits per heavy atom. The lowest BCUT2D eigenvalue weighted by Crippen LogP contribution is -2.26. The number of rotatable bonds is 15. The van der Waals surface area contributed by atoms with Crippen LogP contribution in [0, 0.1) is 0 Å². The summed E-state index contributed by atoms with van der Waals surface area (Å²) in [7, 11) is 0. The molecule has 0 saturated heterocycles. The van der Waals surface area contributed by atoms with Crippen molar-refractivity contribution in [3.63, 3.8) is 0 Å². The van der Waals surface area contributed by atoms with Crippen LogP contribution in [-0.4, -0.2) is 27.6 Å². The van der Waals surface area contributed by atoms with E-state index in [0.29, 0.717) is 0 Å². The number of hydrogen-bond donors (Lipinski definition) is 0. The van der Waals surface area contributed by atoms with Crippen LogP contribution >= 0.6 is 0 Å². The highest BCUT2D eigenvalue weighted by molar-refractivity contribution is 5.68. The highest BCUT2D eigenvalue weighted by Gasteiger charge is 2.21. The van der Waals surface area contributed by atoms with E-state index in [-0.39, 0.29) is 0 Å². The number of ether oxygens (including phenoxy) is 1. The summed E-state index contributed by atoms with van der Waals surface area (Å²) in [6.07, 6.45) is 5.65. The lowest BCUT2D eigenvalue weighted by Gasteiger charge is -2.24. The molecule has 0 aliphatic heterocycles. The van der Waals surface area contributed by atoms with E-state index in [9.17, 15) is 0 Å². The topological polar surface area (TPSA) is 30.3 Å². The minimum absolute atomic E-state index is 0.760. The number of benzene rings is 3. The molecule has 38 heavy (non-hydrogen) atoms. The number of aromatic nitrogens is 2. The van der Waals surface area contributed by atoms with Gasteiger partial charge >= 0.3 is 0 Å². The van der Waals surface area contributed by atoms with Gasteiger partial charge in [0.25, 0.3) is 0 Å². The fraction of sp³-hybridized carbons (Fsp3) is 0.382. The lowest BCUT2D eigenvalue weighted by molar-refractivity contribution is 0.246. The van der Waals surface area contributed by atoms with E-state index < -0.39 is 0 Å². The van der Waals surface area contributed by atoms with Crippen LogP contribution in [0.3, 0.4) is 0 Å². The van der Waals surface area contributed by atoms with Crippen molar-refractivity contribution in [1.29, 1.82) is 0 Å². The summed E-state index contributed by atoms with van der Waals surface area (Å²) in [6, 6.07) is 30.0. The van der Waals surface area contributed by atoms with Crippen molar-refractivity contribution >= 4 is 0 Å². The zero-order chi connectivity index (χ0) is 26.6. The van der Waals surface area contributed by atoms with Gasteiger partial charge in [0.15, 0.2) is 0 Å². The Hall–Kier alpha value is -3.37. The van der Waals surface area contributed by atoms with E-state index in [1.807, 2.05) is 0 Å².